The van der Waals surface area contributed by atoms with Crippen molar-refractivity contribution in [2.45, 2.75) is 26.3 Å². The summed E-state index contributed by atoms with van der Waals surface area (Å²) in [7, 11) is 0. The minimum Gasteiger partial charge on any atom is -0.314 e. The highest BCUT2D eigenvalue weighted by atomic mass is 15.5. The van der Waals surface area contributed by atoms with Crippen molar-refractivity contribution in [2.75, 3.05) is 26.2 Å². The van der Waals surface area contributed by atoms with Crippen LogP contribution in [-0.2, 0) is 0 Å². The van der Waals surface area contributed by atoms with Crippen LogP contribution in [0.4, 0.5) is 0 Å². The molecule has 0 bridgehead atoms. The highest BCUT2D eigenvalue weighted by molar-refractivity contribution is 4.66. The molecule has 0 amide bonds. The lowest BCUT2D eigenvalue weighted by atomic mass is 10.3. The van der Waals surface area contributed by atoms with Crippen LogP contribution in [0.25, 0.3) is 0 Å². The van der Waals surface area contributed by atoms with E-state index in [2.05, 4.69) is 29.6 Å². The average Bonchev–Trinajstić information content (AvgIpc) is 2.06. The highest BCUT2D eigenvalue weighted by Gasteiger charge is 2.10. The average molecular weight is 157 g/mol. The van der Waals surface area contributed by atoms with Crippen molar-refractivity contribution < 1.29 is 0 Å². The van der Waals surface area contributed by atoms with Gasteiger partial charge in [0, 0.05) is 32.2 Å². The van der Waals surface area contributed by atoms with Gasteiger partial charge in [-0.25, -0.2) is 5.01 Å². The van der Waals surface area contributed by atoms with E-state index in [9.17, 15) is 0 Å². The molecule has 3 nitrogen and oxygen atoms in total. The van der Waals surface area contributed by atoms with Crippen LogP contribution >= 0.6 is 0 Å². The molecule has 0 radical (unpaired) electrons. The van der Waals surface area contributed by atoms with Gasteiger partial charge in [0.25, 0.3) is 0 Å². The molecule has 0 aromatic rings. The van der Waals surface area contributed by atoms with Gasteiger partial charge in [-0.1, -0.05) is 6.92 Å². The summed E-state index contributed by atoms with van der Waals surface area (Å²) in [4.78, 5) is 0. The first-order valence-electron chi connectivity index (χ1n) is 4.54. The topological polar surface area (TPSA) is 27.3 Å². The molecule has 1 saturated heterocycles. The van der Waals surface area contributed by atoms with E-state index in [0.717, 1.165) is 26.2 Å². The van der Waals surface area contributed by atoms with Gasteiger partial charge in [0.05, 0.1) is 0 Å². The summed E-state index contributed by atoms with van der Waals surface area (Å²) < 4.78 is 0. The number of piperazine rings is 1. The molecule has 1 fully saturated rings. The van der Waals surface area contributed by atoms with E-state index in [1.54, 1.807) is 0 Å². The molecule has 3 heteroatoms. The monoisotopic (exact) mass is 157 g/mol. The molecule has 0 aromatic heterocycles. The van der Waals surface area contributed by atoms with Crippen LogP contribution in [0, 0.1) is 0 Å². The van der Waals surface area contributed by atoms with Crippen LogP contribution in [0.2, 0.25) is 0 Å². The van der Waals surface area contributed by atoms with Crippen molar-refractivity contribution in [3.05, 3.63) is 0 Å². The van der Waals surface area contributed by atoms with Crippen LogP contribution < -0.4 is 10.7 Å². The molecular weight excluding hydrogens is 138 g/mol. The molecule has 11 heavy (non-hydrogen) atoms. The van der Waals surface area contributed by atoms with Crippen LogP contribution in [0.15, 0.2) is 0 Å². The summed E-state index contributed by atoms with van der Waals surface area (Å²) in [6, 6.07) is 0.619. The number of hydrogen-bond donors (Lipinski definition) is 2. The number of rotatable bonds is 3. The summed E-state index contributed by atoms with van der Waals surface area (Å²) >= 11 is 0. The van der Waals surface area contributed by atoms with Crippen molar-refractivity contribution in [2.24, 2.45) is 0 Å². The molecule has 0 spiro atoms. The molecule has 1 unspecified atom stereocenters. The lowest BCUT2D eigenvalue weighted by Crippen LogP contribution is -2.52. The van der Waals surface area contributed by atoms with E-state index in [1.807, 2.05) is 0 Å². The Labute approximate surface area is 69.1 Å². The van der Waals surface area contributed by atoms with Crippen LogP contribution in [-0.4, -0.2) is 37.2 Å². The Morgan fingerprint density at radius 2 is 2.09 bits per heavy atom. The van der Waals surface area contributed by atoms with Gasteiger partial charge in [-0.15, -0.1) is 0 Å². The second-order valence-corrected chi connectivity index (χ2v) is 3.18. The van der Waals surface area contributed by atoms with Gasteiger partial charge in [0.2, 0.25) is 0 Å². The Morgan fingerprint density at radius 1 is 1.45 bits per heavy atom. The Morgan fingerprint density at radius 3 is 2.64 bits per heavy atom. The number of nitrogens with one attached hydrogen (secondary N) is 2. The van der Waals surface area contributed by atoms with Crippen molar-refractivity contribution in [1.82, 2.24) is 15.8 Å². The molecule has 66 valence electrons. The first-order valence-corrected chi connectivity index (χ1v) is 4.54. The zero-order valence-corrected chi connectivity index (χ0v) is 7.56. The first kappa shape index (κ1) is 8.97. The lowest BCUT2D eigenvalue weighted by Gasteiger charge is -2.30. The molecule has 1 heterocycles. The fraction of sp³-hybridized carbons (Fsp3) is 1.00. The van der Waals surface area contributed by atoms with E-state index in [-0.39, 0.29) is 0 Å². The molecule has 0 aromatic carbocycles. The van der Waals surface area contributed by atoms with E-state index in [0.29, 0.717) is 6.04 Å². The van der Waals surface area contributed by atoms with Gasteiger partial charge in [0.15, 0.2) is 0 Å². The van der Waals surface area contributed by atoms with E-state index < -0.39 is 0 Å². The smallest absolute Gasteiger partial charge is 0.0256 e. The minimum atomic E-state index is 0.619. The fourth-order valence-electron chi connectivity index (χ4n) is 1.20. The second-order valence-electron chi connectivity index (χ2n) is 3.18. The molecule has 0 saturated carbocycles. The third-order valence-electron chi connectivity index (χ3n) is 2.13. The molecule has 0 aliphatic carbocycles. The predicted molar refractivity (Wildman–Crippen MR) is 47.3 cm³/mol. The van der Waals surface area contributed by atoms with E-state index in [1.165, 1.54) is 6.42 Å². The number of nitrogens with zero attached hydrogens (tertiary/aromatic N) is 1. The summed E-state index contributed by atoms with van der Waals surface area (Å²) in [6.07, 6.45) is 1.20. The summed E-state index contributed by atoms with van der Waals surface area (Å²) in [5.74, 6) is 0. The highest BCUT2D eigenvalue weighted by Crippen LogP contribution is 1.92. The maximum absolute atomic E-state index is 3.46. The minimum absolute atomic E-state index is 0.619. The van der Waals surface area contributed by atoms with Crippen molar-refractivity contribution in [3.63, 3.8) is 0 Å². The van der Waals surface area contributed by atoms with Gasteiger partial charge in [-0.2, -0.15) is 0 Å². The van der Waals surface area contributed by atoms with Crippen LogP contribution in [0.3, 0.4) is 0 Å². The zero-order chi connectivity index (χ0) is 8.10. The van der Waals surface area contributed by atoms with Gasteiger partial charge >= 0.3 is 0 Å². The molecule has 1 atom stereocenters. The van der Waals surface area contributed by atoms with Gasteiger partial charge in [-0.3, -0.25) is 5.43 Å². The standard InChI is InChI=1S/C8H19N3/c1-3-8(2)10-11-6-4-9-5-7-11/h8-10H,3-7H2,1-2H3. The van der Waals surface area contributed by atoms with Gasteiger partial charge < -0.3 is 5.32 Å². The Kier molecular flexibility index (Phi) is 3.83. The largest absolute Gasteiger partial charge is 0.314 e. The molecule has 1 aliphatic heterocycles. The third-order valence-corrected chi connectivity index (χ3v) is 2.13. The quantitative estimate of drug-likeness (QED) is 0.612. The predicted octanol–water partition coefficient (Wildman–Crippen LogP) is 0.195. The maximum Gasteiger partial charge on any atom is 0.0256 e. The zero-order valence-electron chi connectivity index (χ0n) is 7.56. The van der Waals surface area contributed by atoms with E-state index in [4.69, 9.17) is 0 Å². The second kappa shape index (κ2) is 4.70. The first-order chi connectivity index (χ1) is 5.33. The van der Waals surface area contributed by atoms with Crippen LogP contribution in [0.1, 0.15) is 20.3 Å². The molecule has 1 rings (SSSR count). The Balaban J connectivity index is 2.13. The van der Waals surface area contributed by atoms with Crippen molar-refractivity contribution in [3.8, 4) is 0 Å². The summed E-state index contributed by atoms with van der Waals surface area (Å²) in [5, 5.41) is 5.63. The number of hydrogen-bond acceptors (Lipinski definition) is 3. The fourth-order valence-corrected chi connectivity index (χ4v) is 1.20. The number of hydrazine groups is 1. The molecule has 2 N–H and O–H groups in total. The van der Waals surface area contributed by atoms with Crippen molar-refractivity contribution in [1.29, 1.82) is 0 Å². The summed E-state index contributed by atoms with van der Waals surface area (Å²) in [5.41, 5.74) is 3.46. The Hall–Kier alpha value is -0.120. The van der Waals surface area contributed by atoms with Gasteiger partial charge in [0.1, 0.15) is 0 Å². The Bertz CT molecular complexity index is 99.5. The molecule has 1 aliphatic rings. The summed E-state index contributed by atoms with van der Waals surface area (Å²) in [6.45, 7) is 8.92. The SMILES string of the molecule is CCC(C)NN1CCNCC1. The normalized spacial score (nSPS) is 23.5. The lowest BCUT2D eigenvalue weighted by molar-refractivity contribution is 0.140. The van der Waals surface area contributed by atoms with Crippen LogP contribution in [0.5, 0.6) is 0 Å². The molecular formula is C8H19N3. The third kappa shape index (κ3) is 3.18. The maximum atomic E-state index is 3.46. The van der Waals surface area contributed by atoms with Crippen molar-refractivity contribution >= 4 is 0 Å². The van der Waals surface area contributed by atoms with Gasteiger partial charge in [-0.05, 0) is 13.3 Å². The van der Waals surface area contributed by atoms with E-state index >= 15 is 0 Å².